The van der Waals surface area contributed by atoms with Crippen molar-refractivity contribution >= 4 is 40.2 Å². The molecule has 0 saturated carbocycles. The van der Waals surface area contributed by atoms with Crippen LogP contribution < -0.4 is 4.74 Å². The van der Waals surface area contributed by atoms with Gasteiger partial charge in [-0.15, -0.1) is 0 Å². The van der Waals surface area contributed by atoms with Gasteiger partial charge in [0.2, 0.25) is 0 Å². The van der Waals surface area contributed by atoms with Crippen molar-refractivity contribution in [2.45, 2.75) is 26.7 Å². The largest absolute Gasteiger partial charge is 0.492 e. The third-order valence-electron chi connectivity index (χ3n) is 3.26. The van der Waals surface area contributed by atoms with Gasteiger partial charge in [0.25, 0.3) is 0 Å². The van der Waals surface area contributed by atoms with E-state index in [0.717, 1.165) is 28.8 Å². The Morgan fingerprint density at radius 2 is 2.00 bits per heavy atom. The highest BCUT2D eigenvalue weighted by Crippen LogP contribution is 2.32. The second-order valence-corrected chi connectivity index (χ2v) is 5.84. The fraction of sp³-hybridized carbons (Fsp3) is 0.538. The van der Waals surface area contributed by atoms with Crippen LogP contribution >= 0.6 is 40.2 Å². The van der Waals surface area contributed by atoms with Gasteiger partial charge in [-0.2, -0.15) is 12.6 Å². The van der Waals surface area contributed by atoms with Crippen LogP contribution in [0.5, 0.6) is 5.75 Å². The van der Waals surface area contributed by atoms with Crippen molar-refractivity contribution in [3.8, 4) is 5.75 Å². The molecule has 1 nitrogen and oxygen atoms in total. The van der Waals surface area contributed by atoms with Gasteiger partial charge in [-0.1, -0.05) is 25.4 Å². The lowest BCUT2D eigenvalue weighted by molar-refractivity contribution is 0.156. The summed E-state index contributed by atoms with van der Waals surface area (Å²) in [5, 5.41) is 0.704. The molecule has 0 saturated heterocycles. The molecule has 0 fully saturated rings. The molecule has 0 spiro atoms. The van der Waals surface area contributed by atoms with Crippen LogP contribution in [0.2, 0.25) is 5.02 Å². The fourth-order valence-electron chi connectivity index (χ4n) is 1.55. The van der Waals surface area contributed by atoms with E-state index in [1.165, 1.54) is 0 Å². The number of hydrogen-bond donors (Lipinski definition) is 1. The third-order valence-corrected chi connectivity index (χ3v) is 4.79. The van der Waals surface area contributed by atoms with E-state index in [2.05, 4.69) is 42.4 Å². The van der Waals surface area contributed by atoms with Crippen molar-refractivity contribution in [3.63, 3.8) is 0 Å². The lowest BCUT2D eigenvalue weighted by Crippen LogP contribution is -2.29. The highest BCUT2D eigenvalue weighted by molar-refractivity contribution is 9.10. The van der Waals surface area contributed by atoms with Crippen LogP contribution in [-0.2, 0) is 0 Å². The quantitative estimate of drug-likeness (QED) is 0.700. The van der Waals surface area contributed by atoms with Crippen LogP contribution in [-0.4, -0.2) is 12.4 Å². The van der Waals surface area contributed by atoms with E-state index in [1.54, 1.807) is 0 Å². The summed E-state index contributed by atoms with van der Waals surface area (Å²) in [6.45, 7) is 5.05. The first kappa shape index (κ1) is 15.2. The van der Waals surface area contributed by atoms with Gasteiger partial charge in [0.15, 0.2) is 0 Å². The molecule has 96 valence electrons. The van der Waals surface area contributed by atoms with Gasteiger partial charge in [-0.25, -0.2) is 0 Å². The summed E-state index contributed by atoms with van der Waals surface area (Å²) in [6, 6.07) is 5.57. The van der Waals surface area contributed by atoms with E-state index in [4.69, 9.17) is 16.3 Å². The number of hydrogen-bond acceptors (Lipinski definition) is 2. The summed E-state index contributed by atoms with van der Waals surface area (Å²) in [5.74, 6) is 1.67. The number of benzene rings is 1. The molecule has 4 heteroatoms. The molecule has 0 bridgehead atoms. The predicted octanol–water partition coefficient (Wildman–Crippen LogP) is 5.22. The molecule has 0 aromatic heterocycles. The molecule has 0 atom stereocenters. The van der Waals surface area contributed by atoms with Gasteiger partial charge in [0.1, 0.15) is 5.75 Å². The number of ether oxygens (including phenoxy) is 1. The average Bonchev–Trinajstić information content (AvgIpc) is 2.33. The SMILES string of the molecule is CCC(CC)(CS)COc1ccc(Cl)cc1Br. The summed E-state index contributed by atoms with van der Waals surface area (Å²) in [7, 11) is 0. The van der Waals surface area contributed by atoms with Crippen LogP contribution in [0.4, 0.5) is 0 Å². The second kappa shape index (κ2) is 6.91. The van der Waals surface area contributed by atoms with Crippen LogP contribution in [0.25, 0.3) is 0 Å². The Kier molecular flexibility index (Phi) is 6.18. The lowest BCUT2D eigenvalue weighted by Gasteiger charge is -2.29. The summed E-state index contributed by atoms with van der Waals surface area (Å²) < 4.78 is 6.77. The molecule has 0 amide bonds. The Labute approximate surface area is 122 Å². The molecule has 0 aliphatic heterocycles. The molecule has 0 heterocycles. The Morgan fingerprint density at radius 3 is 2.47 bits per heavy atom. The second-order valence-electron chi connectivity index (χ2n) is 4.23. The average molecular weight is 338 g/mol. The lowest BCUT2D eigenvalue weighted by atomic mass is 9.85. The summed E-state index contributed by atoms with van der Waals surface area (Å²) in [4.78, 5) is 0. The van der Waals surface area contributed by atoms with E-state index >= 15 is 0 Å². The van der Waals surface area contributed by atoms with Crippen molar-refractivity contribution in [2.75, 3.05) is 12.4 Å². The van der Waals surface area contributed by atoms with E-state index in [-0.39, 0.29) is 5.41 Å². The summed E-state index contributed by atoms with van der Waals surface area (Å²) in [6.07, 6.45) is 2.14. The van der Waals surface area contributed by atoms with E-state index in [1.807, 2.05) is 18.2 Å². The molecule has 1 rings (SSSR count). The molecular weight excluding hydrogens is 320 g/mol. The van der Waals surface area contributed by atoms with Gasteiger partial charge in [-0.3, -0.25) is 0 Å². The topological polar surface area (TPSA) is 9.23 Å². The maximum atomic E-state index is 5.89. The van der Waals surface area contributed by atoms with Crippen LogP contribution in [0.3, 0.4) is 0 Å². The molecular formula is C13H18BrClOS. The molecule has 17 heavy (non-hydrogen) atoms. The third kappa shape index (κ3) is 4.08. The van der Waals surface area contributed by atoms with Gasteiger partial charge in [0, 0.05) is 10.4 Å². The Hall–Kier alpha value is 0.140. The monoisotopic (exact) mass is 336 g/mol. The van der Waals surface area contributed by atoms with Gasteiger partial charge in [0.05, 0.1) is 11.1 Å². The van der Waals surface area contributed by atoms with E-state index < -0.39 is 0 Å². The van der Waals surface area contributed by atoms with Crippen molar-refractivity contribution < 1.29 is 4.74 Å². The molecule has 0 N–H and O–H groups in total. The number of thiol groups is 1. The zero-order valence-corrected chi connectivity index (χ0v) is 13.4. The number of rotatable bonds is 6. The first-order chi connectivity index (χ1) is 8.06. The van der Waals surface area contributed by atoms with Gasteiger partial charge >= 0.3 is 0 Å². The van der Waals surface area contributed by atoms with Crippen LogP contribution in [0.15, 0.2) is 22.7 Å². The Morgan fingerprint density at radius 1 is 1.35 bits per heavy atom. The first-order valence-electron chi connectivity index (χ1n) is 5.75. The van der Waals surface area contributed by atoms with Crippen molar-refractivity contribution in [3.05, 3.63) is 27.7 Å². The predicted molar refractivity (Wildman–Crippen MR) is 81.5 cm³/mol. The van der Waals surface area contributed by atoms with E-state index in [9.17, 15) is 0 Å². The minimum atomic E-state index is 0.155. The van der Waals surface area contributed by atoms with Crippen molar-refractivity contribution in [1.82, 2.24) is 0 Å². The standard InChI is InChI=1S/C13H18BrClOS/c1-3-13(4-2,9-17)8-16-12-6-5-10(15)7-11(12)14/h5-7,17H,3-4,8-9H2,1-2H3. The molecule has 0 unspecified atom stereocenters. The van der Waals surface area contributed by atoms with Crippen molar-refractivity contribution in [2.24, 2.45) is 5.41 Å². The van der Waals surface area contributed by atoms with Gasteiger partial charge in [-0.05, 0) is 52.7 Å². The first-order valence-corrected chi connectivity index (χ1v) is 7.56. The Bertz CT molecular complexity index is 358. The zero-order valence-electron chi connectivity index (χ0n) is 10.2. The minimum absolute atomic E-state index is 0.155. The smallest absolute Gasteiger partial charge is 0.133 e. The van der Waals surface area contributed by atoms with E-state index in [0.29, 0.717) is 11.6 Å². The summed E-state index contributed by atoms with van der Waals surface area (Å²) >= 11 is 13.8. The summed E-state index contributed by atoms with van der Waals surface area (Å²) in [5.41, 5.74) is 0.155. The zero-order chi connectivity index (χ0) is 12.9. The number of halogens is 2. The maximum Gasteiger partial charge on any atom is 0.133 e. The van der Waals surface area contributed by atoms with Crippen LogP contribution in [0.1, 0.15) is 26.7 Å². The molecule has 1 aromatic carbocycles. The molecule has 0 aliphatic rings. The van der Waals surface area contributed by atoms with Crippen LogP contribution in [0, 0.1) is 5.41 Å². The molecule has 0 radical (unpaired) electrons. The normalized spacial score (nSPS) is 11.6. The molecule has 1 aromatic rings. The van der Waals surface area contributed by atoms with Crippen molar-refractivity contribution in [1.29, 1.82) is 0 Å². The molecule has 0 aliphatic carbocycles. The highest BCUT2D eigenvalue weighted by atomic mass is 79.9. The maximum absolute atomic E-state index is 5.89. The van der Waals surface area contributed by atoms with Gasteiger partial charge < -0.3 is 4.74 Å². The minimum Gasteiger partial charge on any atom is -0.492 e. The highest BCUT2D eigenvalue weighted by Gasteiger charge is 2.25. The fourth-order valence-corrected chi connectivity index (χ4v) is 2.88. The Balaban J connectivity index is 2.72.